The molecule has 132 valence electrons. The molecule has 2 aliphatic heterocycles. The highest BCUT2D eigenvalue weighted by molar-refractivity contribution is 6.07. The number of carbonyl (C=O) groups is 3. The van der Waals surface area contributed by atoms with Crippen LogP contribution in [0.4, 0.5) is 0 Å². The fraction of sp³-hybridized carbons (Fsp3) is 0.500. The number of ether oxygens (including phenoxy) is 2. The molecule has 2 saturated heterocycles. The highest BCUT2D eigenvalue weighted by Gasteiger charge is 2.66. The molecule has 6 atom stereocenters. The Morgan fingerprint density at radius 2 is 1.72 bits per heavy atom. The highest BCUT2D eigenvalue weighted by Crippen LogP contribution is 2.50. The number of amides is 2. The van der Waals surface area contributed by atoms with Crippen molar-refractivity contribution in [3.05, 3.63) is 29.8 Å². The van der Waals surface area contributed by atoms with Gasteiger partial charge in [-0.2, -0.15) is 0 Å². The highest BCUT2D eigenvalue weighted by atomic mass is 16.6. The number of aliphatic hydroxyl groups excluding tert-OH is 1. The van der Waals surface area contributed by atoms with Crippen LogP contribution in [0.1, 0.15) is 12.5 Å². The minimum Gasteiger partial charge on any atom is -0.497 e. The van der Waals surface area contributed by atoms with Gasteiger partial charge in [-0.3, -0.25) is 19.3 Å². The summed E-state index contributed by atoms with van der Waals surface area (Å²) in [6.07, 6.45) is -1.85. The summed E-state index contributed by atoms with van der Waals surface area (Å²) in [4.78, 5) is 38.9. The number of aliphatic hydroxyl groups is 1. The third-order valence-electron chi connectivity index (χ3n) is 5.69. The minimum absolute atomic E-state index is 0.113. The van der Waals surface area contributed by atoms with E-state index in [4.69, 9.17) is 9.47 Å². The number of fused-ring (bicyclic) bond motifs is 4. The van der Waals surface area contributed by atoms with Gasteiger partial charge < -0.3 is 14.6 Å². The fourth-order valence-corrected chi connectivity index (χ4v) is 4.38. The predicted octanol–water partition coefficient (Wildman–Crippen LogP) is 0.349. The van der Waals surface area contributed by atoms with E-state index in [-0.39, 0.29) is 12.5 Å². The van der Waals surface area contributed by atoms with Crippen LogP contribution in [0.15, 0.2) is 24.3 Å². The maximum absolute atomic E-state index is 12.9. The molecule has 2 bridgehead atoms. The van der Waals surface area contributed by atoms with Crippen molar-refractivity contribution in [2.45, 2.75) is 25.7 Å². The average Bonchev–Trinajstić information content (AvgIpc) is 2.97. The lowest BCUT2D eigenvalue weighted by Crippen LogP contribution is -2.49. The molecule has 7 nitrogen and oxygen atoms in total. The van der Waals surface area contributed by atoms with Crippen molar-refractivity contribution in [2.24, 2.45) is 23.7 Å². The van der Waals surface area contributed by atoms with Crippen LogP contribution in [0.25, 0.3) is 0 Å². The van der Waals surface area contributed by atoms with Crippen molar-refractivity contribution >= 4 is 17.8 Å². The Morgan fingerprint density at radius 3 is 2.36 bits per heavy atom. The number of rotatable bonds is 3. The molecule has 0 spiro atoms. The van der Waals surface area contributed by atoms with Gasteiger partial charge in [0.1, 0.15) is 18.0 Å². The summed E-state index contributed by atoms with van der Waals surface area (Å²) in [6.45, 7) is 1.89. The van der Waals surface area contributed by atoms with Gasteiger partial charge in [0, 0.05) is 5.92 Å². The van der Waals surface area contributed by atoms with Gasteiger partial charge in [-0.05, 0) is 17.7 Å². The molecule has 6 unspecified atom stereocenters. The number of esters is 1. The van der Waals surface area contributed by atoms with Crippen molar-refractivity contribution in [3.8, 4) is 5.75 Å². The summed E-state index contributed by atoms with van der Waals surface area (Å²) in [5, 5.41) is 10.5. The van der Waals surface area contributed by atoms with Gasteiger partial charge >= 0.3 is 5.97 Å². The molecule has 0 aromatic heterocycles. The topological polar surface area (TPSA) is 93.1 Å². The first-order chi connectivity index (χ1) is 11.9. The summed E-state index contributed by atoms with van der Waals surface area (Å²) in [5.74, 6) is -3.31. The summed E-state index contributed by atoms with van der Waals surface area (Å²) < 4.78 is 10.3. The van der Waals surface area contributed by atoms with E-state index in [0.29, 0.717) is 5.75 Å². The zero-order valence-corrected chi connectivity index (χ0v) is 13.9. The van der Waals surface area contributed by atoms with Crippen LogP contribution < -0.4 is 4.74 Å². The normalized spacial score (nSPS) is 36.4. The predicted molar refractivity (Wildman–Crippen MR) is 84.1 cm³/mol. The van der Waals surface area contributed by atoms with Gasteiger partial charge in [0.25, 0.3) is 0 Å². The first-order valence-corrected chi connectivity index (χ1v) is 8.30. The second-order valence-electron chi connectivity index (χ2n) is 6.94. The number of methoxy groups -OCH3 is 1. The summed E-state index contributed by atoms with van der Waals surface area (Å²) >= 11 is 0. The molecule has 2 amide bonds. The van der Waals surface area contributed by atoms with Gasteiger partial charge in [0.05, 0.1) is 31.4 Å². The molecule has 2 heterocycles. The first-order valence-electron chi connectivity index (χ1n) is 8.30. The summed E-state index contributed by atoms with van der Waals surface area (Å²) in [7, 11) is 1.56. The number of benzene rings is 1. The molecule has 0 radical (unpaired) electrons. The molecule has 1 N–H and O–H groups in total. The van der Waals surface area contributed by atoms with Gasteiger partial charge in [0.15, 0.2) is 0 Å². The van der Waals surface area contributed by atoms with E-state index in [0.717, 1.165) is 10.5 Å². The smallest absolute Gasteiger partial charge is 0.310 e. The van der Waals surface area contributed by atoms with Crippen LogP contribution in [0.2, 0.25) is 0 Å². The third kappa shape index (κ3) is 2.18. The van der Waals surface area contributed by atoms with Crippen LogP contribution in [0.3, 0.4) is 0 Å². The second-order valence-corrected chi connectivity index (χ2v) is 6.94. The van der Waals surface area contributed by atoms with Gasteiger partial charge in [0.2, 0.25) is 11.8 Å². The number of hydrogen-bond acceptors (Lipinski definition) is 6. The quantitative estimate of drug-likeness (QED) is 0.628. The number of carbonyl (C=O) groups excluding carboxylic acids is 3. The van der Waals surface area contributed by atoms with Gasteiger partial charge in [-0.15, -0.1) is 0 Å². The van der Waals surface area contributed by atoms with E-state index >= 15 is 0 Å². The van der Waals surface area contributed by atoms with Crippen molar-refractivity contribution in [1.82, 2.24) is 4.90 Å². The molecule has 1 saturated carbocycles. The molecule has 4 rings (SSSR count). The number of hydrogen-bond donors (Lipinski definition) is 1. The molecule has 7 heteroatoms. The van der Waals surface area contributed by atoms with Crippen LogP contribution >= 0.6 is 0 Å². The SMILES string of the molecule is COc1ccc(CN2C(=O)C3C(O)C4OC(=O)C(C4C)C3C2=O)cc1. The molecule has 1 aromatic carbocycles. The standard InChI is InChI=1S/C18H19NO6/c1-8-11-12-13(14(20)15(8)25-18(11)23)17(22)19(16(12)21)7-9-3-5-10(24-2)6-4-9/h3-6,8,11-15,20H,7H2,1-2H3. The Hall–Kier alpha value is -2.41. The Labute approximate surface area is 144 Å². The summed E-state index contributed by atoms with van der Waals surface area (Å²) in [5.41, 5.74) is 0.774. The van der Waals surface area contributed by atoms with Crippen molar-refractivity contribution in [3.63, 3.8) is 0 Å². The first kappa shape index (κ1) is 16.1. The lowest BCUT2D eigenvalue weighted by atomic mass is 9.67. The van der Waals surface area contributed by atoms with Gasteiger partial charge in [-0.1, -0.05) is 19.1 Å². The second kappa shape index (κ2) is 5.56. The Kier molecular flexibility index (Phi) is 3.57. The molecule has 25 heavy (non-hydrogen) atoms. The fourth-order valence-electron chi connectivity index (χ4n) is 4.38. The zero-order valence-electron chi connectivity index (χ0n) is 13.9. The molecule has 3 fully saturated rings. The maximum atomic E-state index is 12.9. The Morgan fingerprint density at radius 1 is 1.08 bits per heavy atom. The molecule has 3 aliphatic rings. The van der Waals surface area contributed by atoms with Crippen LogP contribution in [-0.2, 0) is 25.7 Å². The van der Waals surface area contributed by atoms with Crippen molar-refractivity contribution in [2.75, 3.05) is 7.11 Å². The summed E-state index contributed by atoms with van der Waals surface area (Å²) in [6, 6.07) is 7.06. The Bertz CT molecular complexity index is 744. The Balaban J connectivity index is 1.63. The lowest BCUT2D eigenvalue weighted by Gasteiger charge is -2.33. The monoisotopic (exact) mass is 345 g/mol. The minimum atomic E-state index is -1.14. The maximum Gasteiger partial charge on any atom is 0.310 e. The van der Waals surface area contributed by atoms with Gasteiger partial charge in [-0.25, -0.2) is 0 Å². The van der Waals surface area contributed by atoms with Crippen molar-refractivity contribution < 1.29 is 29.0 Å². The number of imide groups is 1. The molecular formula is C18H19NO6. The largest absolute Gasteiger partial charge is 0.497 e. The van der Waals surface area contributed by atoms with E-state index in [9.17, 15) is 19.5 Å². The van der Waals surface area contributed by atoms with E-state index in [1.807, 2.05) is 0 Å². The molecule has 1 aliphatic carbocycles. The lowest BCUT2D eigenvalue weighted by molar-refractivity contribution is -0.151. The third-order valence-corrected chi connectivity index (χ3v) is 5.69. The van der Waals surface area contributed by atoms with E-state index < -0.39 is 47.7 Å². The average molecular weight is 345 g/mol. The zero-order chi connectivity index (χ0) is 17.9. The molecule has 1 aromatic rings. The van der Waals surface area contributed by atoms with E-state index in [1.54, 1.807) is 38.3 Å². The number of likely N-dealkylation sites (tertiary alicyclic amines) is 1. The number of nitrogens with zero attached hydrogens (tertiary/aromatic N) is 1. The van der Waals surface area contributed by atoms with Crippen LogP contribution in [-0.4, -0.2) is 47.1 Å². The van der Waals surface area contributed by atoms with Crippen LogP contribution in [0, 0.1) is 23.7 Å². The van der Waals surface area contributed by atoms with Crippen molar-refractivity contribution in [1.29, 1.82) is 0 Å². The van der Waals surface area contributed by atoms with Crippen LogP contribution in [0.5, 0.6) is 5.75 Å². The molecular weight excluding hydrogens is 326 g/mol. The van der Waals surface area contributed by atoms with E-state index in [2.05, 4.69) is 0 Å². The van der Waals surface area contributed by atoms with E-state index in [1.165, 1.54) is 0 Å².